The summed E-state index contributed by atoms with van der Waals surface area (Å²) in [4.78, 5) is 12.2. The van der Waals surface area contributed by atoms with Crippen LogP contribution in [-0.2, 0) is 4.79 Å². The molecule has 21 heavy (non-hydrogen) atoms. The summed E-state index contributed by atoms with van der Waals surface area (Å²) in [6.07, 6.45) is 4.13. The predicted octanol–water partition coefficient (Wildman–Crippen LogP) is 3.02. The highest BCUT2D eigenvalue weighted by molar-refractivity contribution is 5.81. The van der Waals surface area contributed by atoms with Crippen LogP contribution in [0.25, 0.3) is 0 Å². The zero-order valence-corrected chi connectivity index (χ0v) is 12.6. The van der Waals surface area contributed by atoms with Crippen LogP contribution in [0.3, 0.4) is 0 Å². The number of hydrogen-bond donors (Lipinski definition) is 1. The zero-order chi connectivity index (χ0) is 15.2. The summed E-state index contributed by atoms with van der Waals surface area (Å²) in [6, 6.07) is 9.11. The molecule has 1 fully saturated rings. The van der Waals surface area contributed by atoms with Crippen LogP contribution < -0.4 is 10.1 Å². The van der Waals surface area contributed by atoms with Crippen molar-refractivity contribution in [2.24, 2.45) is 5.92 Å². The number of carbonyl (C=O) groups excluding carboxylic acids is 1. The lowest BCUT2D eigenvalue weighted by Gasteiger charge is -2.30. The van der Waals surface area contributed by atoms with E-state index in [1.165, 1.54) is 19.3 Å². The number of nitrogens with zero attached hydrogens (tertiary/aromatic N) is 1. The number of carbonyl (C=O) groups is 1. The first-order valence-corrected chi connectivity index (χ1v) is 7.57. The maximum atomic E-state index is 12.2. The van der Waals surface area contributed by atoms with Crippen molar-refractivity contribution in [1.82, 2.24) is 5.32 Å². The Balaban J connectivity index is 1.88. The third-order valence-corrected chi connectivity index (χ3v) is 4.10. The van der Waals surface area contributed by atoms with Crippen LogP contribution in [0.2, 0.25) is 0 Å². The lowest BCUT2D eigenvalue weighted by atomic mass is 9.86. The van der Waals surface area contributed by atoms with Crippen LogP contribution in [0.15, 0.2) is 24.3 Å². The molecule has 0 spiro atoms. The minimum Gasteiger partial charge on any atom is -0.481 e. The molecule has 1 aliphatic rings. The molecule has 1 saturated carbocycles. The molecule has 1 aliphatic carbocycles. The van der Waals surface area contributed by atoms with Gasteiger partial charge in [0, 0.05) is 6.04 Å². The molecule has 0 aliphatic heterocycles. The van der Waals surface area contributed by atoms with Crippen molar-refractivity contribution in [2.45, 2.75) is 51.7 Å². The van der Waals surface area contributed by atoms with E-state index in [2.05, 4.69) is 18.3 Å². The number of ether oxygens (including phenoxy) is 1. The van der Waals surface area contributed by atoms with Gasteiger partial charge in [-0.15, -0.1) is 0 Å². The third-order valence-electron chi connectivity index (χ3n) is 4.10. The lowest BCUT2D eigenvalue weighted by molar-refractivity contribution is -0.128. The SMILES string of the molecule is C[C@@H]1CCCC[C@H]1NC(=O)[C@@H](C)Oc1ccc(C#N)cc1. The van der Waals surface area contributed by atoms with Gasteiger partial charge >= 0.3 is 0 Å². The molecule has 0 heterocycles. The van der Waals surface area contributed by atoms with Crippen molar-refractivity contribution in [3.63, 3.8) is 0 Å². The molecule has 0 aromatic heterocycles. The minimum absolute atomic E-state index is 0.0712. The van der Waals surface area contributed by atoms with E-state index in [-0.39, 0.29) is 11.9 Å². The molecule has 0 radical (unpaired) electrons. The lowest BCUT2D eigenvalue weighted by Crippen LogP contribution is -2.46. The Labute approximate surface area is 126 Å². The van der Waals surface area contributed by atoms with Gasteiger partial charge in [0.15, 0.2) is 6.10 Å². The van der Waals surface area contributed by atoms with E-state index in [1.54, 1.807) is 31.2 Å². The topological polar surface area (TPSA) is 62.1 Å². The number of nitriles is 1. The fourth-order valence-electron chi connectivity index (χ4n) is 2.70. The number of rotatable bonds is 4. The van der Waals surface area contributed by atoms with E-state index in [1.807, 2.05) is 0 Å². The Morgan fingerprint density at radius 3 is 2.62 bits per heavy atom. The molecule has 0 saturated heterocycles. The molecule has 1 aromatic rings. The molecule has 0 unspecified atom stereocenters. The molecular formula is C17H22N2O2. The standard InChI is InChI=1S/C17H22N2O2/c1-12-5-3-4-6-16(12)19-17(20)13(2)21-15-9-7-14(11-18)8-10-15/h7-10,12-13,16H,3-6H2,1-2H3,(H,19,20)/t12-,13-,16-/m1/s1. The van der Waals surface area contributed by atoms with Crippen LogP contribution >= 0.6 is 0 Å². The molecule has 4 nitrogen and oxygen atoms in total. The van der Waals surface area contributed by atoms with Gasteiger partial charge in [0.05, 0.1) is 11.6 Å². The second-order valence-electron chi connectivity index (χ2n) is 5.77. The number of benzene rings is 1. The Morgan fingerprint density at radius 2 is 2.00 bits per heavy atom. The molecule has 2 rings (SSSR count). The van der Waals surface area contributed by atoms with Crippen molar-refractivity contribution in [3.8, 4) is 11.8 Å². The monoisotopic (exact) mass is 286 g/mol. The molecular weight excluding hydrogens is 264 g/mol. The van der Waals surface area contributed by atoms with Crippen LogP contribution in [0.1, 0.15) is 45.1 Å². The van der Waals surface area contributed by atoms with Crippen molar-refractivity contribution in [2.75, 3.05) is 0 Å². The summed E-state index contributed by atoms with van der Waals surface area (Å²) in [7, 11) is 0. The van der Waals surface area contributed by atoms with Crippen molar-refractivity contribution < 1.29 is 9.53 Å². The fraction of sp³-hybridized carbons (Fsp3) is 0.529. The van der Waals surface area contributed by atoms with Gasteiger partial charge < -0.3 is 10.1 Å². The van der Waals surface area contributed by atoms with E-state index in [0.717, 1.165) is 6.42 Å². The van der Waals surface area contributed by atoms with E-state index >= 15 is 0 Å². The molecule has 112 valence electrons. The quantitative estimate of drug-likeness (QED) is 0.925. The first-order valence-electron chi connectivity index (χ1n) is 7.57. The van der Waals surface area contributed by atoms with E-state index in [9.17, 15) is 4.79 Å². The highest BCUT2D eigenvalue weighted by atomic mass is 16.5. The molecule has 3 atom stereocenters. The first-order chi connectivity index (χ1) is 10.1. The molecule has 4 heteroatoms. The molecule has 0 bridgehead atoms. The van der Waals surface area contributed by atoms with Crippen molar-refractivity contribution >= 4 is 5.91 Å². The van der Waals surface area contributed by atoms with Gasteiger partial charge in [0.25, 0.3) is 5.91 Å². The number of amides is 1. The third kappa shape index (κ3) is 4.22. The van der Waals surface area contributed by atoms with Gasteiger partial charge in [-0.05, 0) is 49.9 Å². The van der Waals surface area contributed by atoms with Gasteiger partial charge in [0.1, 0.15) is 5.75 Å². The maximum absolute atomic E-state index is 12.2. The summed E-state index contributed by atoms with van der Waals surface area (Å²) < 4.78 is 5.63. The zero-order valence-electron chi connectivity index (χ0n) is 12.6. The average Bonchev–Trinajstić information content (AvgIpc) is 2.50. The minimum atomic E-state index is -0.535. The average molecular weight is 286 g/mol. The highest BCUT2D eigenvalue weighted by Gasteiger charge is 2.25. The molecule has 1 aromatic carbocycles. The number of nitrogens with one attached hydrogen (secondary N) is 1. The van der Waals surface area contributed by atoms with Gasteiger partial charge in [0.2, 0.25) is 0 Å². The van der Waals surface area contributed by atoms with E-state index in [4.69, 9.17) is 10.00 Å². The Morgan fingerprint density at radius 1 is 1.33 bits per heavy atom. The second kappa shape index (κ2) is 7.12. The normalized spacial score (nSPS) is 22.9. The van der Waals surface area contributed by atoms with Gasteiger partial charge in [-0.2, -0.15) is 5.26 Å². The summed E-state index contributed by atoms with van der Waals surface area (Å²) in [5.74, 6) is 1.07. The largest absolute Gasteiger partial charge is 0.481 e. The molecule has 1 N–H and O–H groups in total. The van der Waals surface area contributed by atoms with Crippen LogP contribution in [0, 0.1) is 17.2 Å². The fourth-order valence-corrected chi connectivity index (χ4v) is 2.70. The maximum Gasteiger partial charge on any atom is 0.261 e. The molecule has 1 amide bonds. The smallest absolute Gasteiger partial charge is 0.261 e. The first kappa shape index (κ1) is 15.4. The highest BCUT2D eigenvalue weighted by Crippen LogP contribution is 2.24. The van der Waals surface area contributed by atoms with E-state index < -0.39 is 6.10 Å². The summed E-state index contributed by atoms with van der Waals surface area (Å²) in [5, 5.41) is 11.8. The van der Waals surface area contributed by atoms with Crippen LogP contribution in [0.5, 0.6) is 5.75 Å². The van der Waals surface area contributed by atoms with E-state index in [0.29, 0.717) is 17.2 Å². The predicted molar refractivity (Wildman–Crippen MR) is 80.8 cm³/mol. The van der Waals surface area contributed by atoms with Crippen molar-refractivity contribution in [1.29, 1.82) is 5.26 Å². The van der Waals surface area contributed by atoms with Crippen LogP contribution in [0.4, 0.5) is 0 Å². The second-order valence-corrected chi connectivity index (χ2v) is 5.77. The van der Waals surface area contributed by atoms with Gasteiger partial charge in [-0.3, -0.25) is 4.79 Å². The van der Waals surface area contributed by atoms with Gasteiger partial charge in [-0.25, -0.2) is 0 Å². The Kier molecular flexibility index (Phi) is 5.21. The summed E-state index contributed by atoms with van der Waals surface area (Å²) >= 11 is 0. The Bertz CT molecular complexity index is 519. The number of hydrogen-bond acceptors (Lipinski definition) is 3. The Hall–Kier alpha value is -2.02. The van der Waals surface area contributed by atoms with Gasteiger partial charge in [-0.1, -0.05) is 19.8 Å². The van der Waals surface area contributed by atoms with Crippen LogP contribution in [-0.4, -0.2) is 18.1 Å². The summed E-state index contributed by atoms with van der Waals surface area (Å²) in [6.45, 7) is 3.94. The summed E-state index contributed by atoms with van der Waals surface area (Å²) in [5.41, 5.74) is 0.579. The van der Waals surface area contributed by atoms with Crippen molar-refractivity contribution in [3.05, 3.63) is 29.8 Å².